The fourth-order valence-corrected chi connectivity index (χ4v) is 3.57. The molecule has 1 heterocycles. The number of anilines is 1. The first-order valence-electron chi connectivity index (χ1n) is 8.82. The Morgan fingerprint density at radius 3 is 2.74 bits per heavy atom. The molecule has 0 bridgehead atoms. The minimum atomic E-state index is -2.95. The predicted molar refractivity (Wildman–Crippen MR) is 98.1 cm³/mol. The molecule has 2 aromatic rings. The molecular weight excluding hydrogens is 378 g/mol. The number of hydrogen-bond acceptors (Lipinski definition) is 4. The Morgan fingerprint density at radius 2 is 2.11 bits per heavy atom. The van der Waals surface area contributed by atoms with Crippen molar-refractivity contribution in [1.82, 2.24) is 4.90 Å². The van der Waals surface area contributed by atoms with Crippen LogP contribution < -0.4 is 10.1 Å². The van der Waals surface area contributed by atoms with Crippen molar-refractivity contribution in [2.24, 2.45) is 0 Å². The lowest BCUT2D eigenvalue weighted by molar-refractivity contribution is -0.118. The number of nitrogens with one attached hydrogen (secondary N) is 1. The molecule has 1 aliphatic rings. The maximum absolute atomic E-state index is 12.5. The highest BCUT2D eigenvalue weighted by molar-refractivity contribution is 6.32. The topological polar surface area (TPSA) is 54.7 Å². The molecule has 1 aromatic carbocycles. The minimum absolute atomic E-state index is 0.0105. The number of carbonyl (C=O) groups is 1. The summed E-state index contributed by atoms with van der Waals surface area (Å²) in [6, 6.07) is 8.24. The maximum Gasteiger partial charge on any atom is 0.387 e. The number of halogens is 3. The van der Waals surface area contributed by atoms with Gasteiger partial charge in [-0.05, 0) is 43.2 Å². The molecular formula is C19H21ClF2N2O3. The Kier molecular flexibility index (Phi) is 6.68. The number of carbonyl (C=O) groups excluding carboxylic acids is 1. The van der Waals surface area contributed by atoms with Gasteiger partial charge in [-0.2, -0.15) is 8.78 Å². The van der Waals surface area contributed by atoms with Gasteiger partial charge in [-0.3, -0.25) is 9.69 Å². The van der Waals surface area contributed by atoms with Gasteiger partial charge >= 0.3 is 6.61 Å². The molecule has 5 nitrogen and oxygen atoms in total. The maximum atomic E-state index is 12.5. The first-order valence-corrected chi connectivity index (χ1v) is 9.19. The summed E-state index contributed by atoms with van der Waals surface area (Å²) in [5.41, 5.74) is 0.427. The largest absolute Gasteiger partial charge is 0.468 e. The summed E-state index contributed by atoms with van der Waals surface area (Å²) in [7, 11) is 0. The van der Waals surface area contributed by atoms with Crippen LogP contribution in [0.2, 0.25) is 5.02 Å². The van der Waals surface area contributed by atoms with Crippen LogP contribution in [0.5, 0.6) is 5.75 Å². The van der Waals surface area contributed by atoms with Crippen molar-refractivity contribution < 1.29 is 22.7 Å². The first-order chi connectivity index (χ1) is 13.0. The van der Waals surface area contributed by atoms with E-state index in [1.165, 1.54) is 18.2 Å². The van der Waals surface area contributed by atoms with Crippen molar-refractivity contribution in [3.8, 4) is 5.75 Å². The molecule has 0 saturated heterocycles. The van der Waals surface area contributed by atoms with Gasteiger partial charge in [0.15, 0.2) is 0 Å². The van der Waals surface area contributed by atoms with Gasteiger partial charge in [0.2, 0.25) is 5.91 Å². The molecule has 1 saturated carbocycles. The Hall–Kier alpha value is -2.12. The lowest BCUT2D eigenvalue weighted by Crippen LogP contribution is -2.39. The van der Waals surface area contributed by atoms with E-state index in [1.54, 1.807) is 6.26 Å². The van der Waals surface area contributed by atoms with E-state index in [0.29, 0.717) is 18.3 Å². The van der Waals surface area contributed by atoms with Gasteiger partial charge < -0.3 is 14.5 Å². The highest BCUT2D eigenvalue weighted by atomic mass is 35.5. The van der Waals surface area contributed by atoms with Gasteiger partial charge in [0.1, 0.15) is 11.5 Å². The molecule has 1 aromatic heterocycles. The molecule has 27 heavy (non-hydrogen) atoms. The zero-order valence-corrected chi connectivity index (χ0v) is 15.4. The smallest absolute Gasteiger partial charge is 0.387 e. The van der Waals surface area contributed by atoms with Crippen LogP contribution in [0.3, 0.4) is 0 Å². The number of furan rings is 1. The summed E-state index contributed by atoms with van der Waals surface area (Å²) in [5.74, 6) is 0.480. The number of benzene rings is 1. The average molecular weight is 399 g/mol. The molecule has 1 aliphatic carbocycles. The van der Waals surface area contributed by atoms with E-state index in [2.05, 4.69) is 15.0 Å². The van der Waals surface area contributed by atoms with Gasteiger partial charge in [-0.15, -0.1) is 0 Å². The number of nitrogens with zero attached hydrogens (tertiary/aromatic N) is 1. The van der Waals surface area contributed by atoms with Crippen LogP contribution in [-0.2, 0) is 11.3 Å². The van der Waals surface area contributed by atoms with Crippen LogP contribution in [0, 0.1) is 0 Å². The monoisotopic (exact) mass is 398 g/mol. The third-order valence-electron chi connectivity index (χ3n) is 4.56. The van der Waals surface area contributed by atoms with Crippen molar-refractivity contribution >= 4 is 23.2 Å². The normalized spacial score (nSPS) is 14.9. The highest BCUT2D eigenvalue weighted by Gasteiger charge is 2.25. The lowest BCUT2D eigenvalue weighted by atomic mass is 10.2. The fourth-order valence-electron chi connectivity index (χ4n) is 3.34. The van der Waals surface area contributed by atoms with Gasteiger partial charge in [0.25, 0.3) is 0 Å². The zero-order chi connectivity index (χ0) is 19.2. The molecule has 0 radical (unpaired) electrons. The van der Waals surface area contributed by atoms with Crippen LogP contribution in [0.25, 0.3) is 0 Å². The summed E-state index contributed by atoms with van der Waals surface area (Å²) in [6.45, 7) is -2.19. The van der Waals surface area contributed by atoms with Crippen molar-refractivity contribution in [2.45, 2.75) is 44.9 Å². The van der Waals surface area contributed by atoms with Crippen LogP contribution >= 0.6 is 11.6 Å². The first kappa shape index (κ1) is 19.6. The lowest BCUT2D eigenvalue weighted by Gasteiger charge is -2.27. The second-order valence-electron chi connectivity index (χ2n) is 6.49. The van der Waals surface area contributed by atoms with Crippen molar-refractivity contribution in [3.05, 3.63) is 47.4 Å². The molecule has 1 amide bonds. The van der Waals surface area contributed by atoms with Crippen molar-refractivity contribution in [3.63, 3.8) is 0 Å². The van der Waals surface area contributed by atoms with Crippen LogP contribution in [-0.4, -0.2) is 30.0 Å². The van der Waals surface area contributed by atoms with Gasteiger partial charge in [0.05, 0.1) is 24.4 Å². The number of alkyl halides is 2. The second kappa shape index (κ2) is 9.19. The summed E-state index contributed by atoms with van der Waals surface area (Å²) in [6.07, 6.45) is 6.04. The summed E-state index contributed by atoms with van der Waals surface area (Å²) in [5, 5.41) is 2.77. The van der Waals surface area contributed by atoms with E-state index in [4.69, 9.17) is 16.0 Å². The SMILES string of the molecule is O=C(CN(Cc1ccco1)C1CCCC1)Nc1ccc(OC(F)F)c(Cl)c1. The average Bonchev–Trinajstić information content (AvgIpc) is 3.30. The Labute approximate surface area is 161 Å². The van der Waals surface area contributed by atoms with Gasteiger partial charge in [-0.25, -0.2) is 0 Å². The van der Waals surface area contributed by atoms with E-state index >= 15 is 0 Å². The molecule has 8 heteroatoms. The Balaban J connectivity index is 1.62. The molecule has 1 N–H and O–H groups in total. The van der Waals surface area contributed by atoms with Crippen LogP contribution in [0.15, 0.2) is 41.0 Å². The second-order valence-corrected chi connectivity index (χ2v) is 6.90. The molecule has 0 atom stereocenters. The number of rotatable bonds is 8. The molecule has 3 rings (SSSR count). The van der Waals surface area contributed by atoms with E-state index < -0.39 is 6.61 Å². The summed E-state index contributed by atoms with van der Waals surface area (Å²) >= 11 is 5.93. The Morgan fingerprint density at radius 1 is 1.33 bits per heavy atom. The van der Waals surface area contributed by atoms with E-state index in [0.717, 1.165) is 31.4 Å². The number of ether oxygens (including phenoxy) is 1. The van der Waals surface area contributed by atoms with Crippen LogP contribution in [0.1, 0.15) is 31.4 Å². The molecule has 0 spiro atoms. The van der Waals surface area contributed by atoms with E-state index in [-0.39, 0.29) is 23.2 Å². The van der Waals surface area contributed by atoms with Gasteiger partial charge in [-0.1, -0.05) is 24.4 Å². The quantitative estimate of drug-likeness (QED) is 0.685. The van der Waals surface area contributed by atoms with Crippen LogP contribution in [0.4, 0.5) is 14.5 Å². The summed E-state index contributed by atoms with van der Waals surface area (Å²) in [4.78, 5) is 14.6. The number of hydrogen-bond donors (Lipinski definition) is 1. The van der Waals surface area contributed by atoms with Crippen molar-refractivity contribution in [2.75, 3.05) is 11.9 Å². The summed E-state index contributed by atoms with van der Waals surface area (Å²) < 4.78 is 34.3. The zero-order valence-electron chi connectivity index (χ0n) is 14.7. The number of amides is 1. The van der Waals surface area contributed by atoms with E-state index in [9.17, 15) is 13.6 Å². The minimum Gasteiger partial charge on any atom is -0.468 e. The molecule has 1 fully saturated rings. The highest BCUT2D eigenvalue weighted by Crippen LogP contribution is 2.29. The predicted octanol–water partition coefficient (Wildman–Crippen LogP) is 4.92. The standard InChI is InChI=1S/C19H21ClF2N2O3/c20-16-10-13(7-8-17(16)27-19(21)22)23-18(25)12-24(14-4-1-2-5-14)11-15-6-3-9-26-15/h3,6-10,14,19H,1-2,4-5,11-12H2,(H,23,25). The molecule has 0 aliphatic heterocycles. The van der Waals surface area contributed by atoms with Gasteiger partial charge in [0, 0.05) is 11.7 Å². The Bertz CT molecular complexity index is 749. The third kappa shape index (κ3) is 5.68. The fraction of sp³-hybridized carbons (Fsp3) is 0.421. The van der Waals surface area contributed by atoms with Crippen molar-refractivity contribution in [1.29, 1.82) is 0 Å². The molecule has 146 valence electrons. The van der Waals surface area contributed by atoms with E-state index in [1.807, 2.05) is 12.1 Å². The third-order valence-corrected chi connectivity index (χ3v) is 4.85. The molecule has 0 unspecified atom stereocenters.